The van der Waals surface area contributed by atoms with E-state index in [1.807, 2.05) is 11.3 Å². The van der Waals surface area contributed by atoms with Gasteiger partial charge in [-0.15, -0.1) is 11.3 Å². The Bertz CT molecular complexity index is 1020. The highest BCUT2D eigenvalue weighted by atomic mass is 32.1. The number of hydrogen-bond donors (Lipinski definition) is 0. The molecule has 5 rings (SSSR count). The average molecular weight is 532 g/mol. The van der Waals surface area contributed by atoms with Crippen molar-refractivity contribution < 1.29 is 13.9 Å². The highest BCUT2D eigenvalue weighted by Crippen LogP contribution is 2.42. The summed E-state index contributed by atoms with van der Waals surface area (Å²) < 4.78 is 18.7. The molecule has 6 nitrogen and oxygen atoms in total. The van der Waals surface area contributed by atoms with Gasteiger partial charge in [-0.05, 0) is 81.0 Å². The Labute approximate surface area is 222 Å². The first-order valence-electron chi connectivity index (χ1n) is 14.1. The van der Waals surface area contributed by atoms with Crippen molar-refractivity contribution in [1.29, 1.82) is 0 Å². The van der Waals surface area contributed by atoms with Crippen LogP contribution in [0.3, 0.4) is 0 Å². The molecule has 200 valence electrons. The fraction of sp³-hybridized carbons (Fsp3) is 0.786. The van der Waals surface area contributed by atoms with Gasteiger partial charge in [0.25, 0.3) is 0 Å². The van der Waals surface area contributed by atoms with Crippen molar-refractivity contribution >= 4 is 29.9 Å². The van der Waals surface area contributed by atoms with Crippen LogP contribution < -0.4 is 4.74 Å². The summed E-state index contributed by atoms with van der Waals surface area (Å²) in [7, 11) is -1.69. The summed E-state index contributed by atoms with van der Waals surface area (Å²) in [6.45, 7) is 16.5. The minimum atomic E-state index is -1.69. The molecule has 0 radical (unpaired) electrons. The highest BCUT2D eigenvalue weighted by Gasteiger charge is 2.37. The zero-order valence-corrected chi connectivity index (χ0v) is 24.8. The van der Waals surface area contributed by atoms with E-state index >= 15 is 0 Å². The van der Waals surface area contributed by atoms with Crippen LogP contribution in [0.5, 0.6) is 5.88 Å². The van der Waals surface area contributed by atoms with Gasteiger partial charge < -0.3 is 13.9 Å². The summed E-state index contributed by atoms with van der Waals surface area (Å²) in [6, 6.07) is 0.683. The molecule has 2 aromatic rings. The number of fused-ring (bicyclic) bond motifs is 3. The zero-order valence-electron chi connectivity index (χ0n) is 23.0. The zero-order chi connectivity index (χ0) is 25.3. The largest absolute Gasteiger partial charge is 0.474 e. The maximum absolute atomic E-state index is 6.62. The molecule has 8 heteroatoms. The van der Waals surface area contributed by atoms with E-state index in [2.05, 4.69) is 48.7 Å². The normalized spacial score (nSPS) is 26.2. The van der Waals surface area contributed by atoms with Gasteiger partial charge in [-0.25, -0.2) is 9.97 Å². The maximum atomic E-state index is 6.62. The molecule has 2 aromatic heterocycles. The van der Waals surface area contributed by atoms with Crippen LogP contribution in [-0.4, -0.2) is 68.2 Å². The van der Waals surface area contributed by atoms with Gasteiger partial charge in [0.1, 0.15) is 17.3 Å². The molecule has 0 amide bonds. The topological polar surface area (TPSA) is 56.7 Å². The van der Waals surface area contributed by atoms with Crippen LogP contribution in [0.15, 0.2) is 6.33 Å². The summed E-state index contributed by atoms with van der Waals surface area (Å²) in [5.74, 6) is 1.49. The molecular formula is C28H45N3O3SSi. The monoisotopic (exact) mass is 531 g/mol. The van der Waals surface area contributed by atoms with Crippen molar-refractivity contribution in [2.75, 3.05) is 32.9 Å². The summed E-state index contributed by atoms with van der Waals surface area (Å²) >= 11 is 1.85. The van der Waals surface area contributed by atoms with Gasteiger partial charge in [0, 0.05) is 30.6 Å². The number of thiophene rings is 1. The van der Waals surface area contributed by atoms with Crippen LogP contribution in [0.25, 0.3) is 10.2 Å². The standard InChI is InChI=1S/C28H45N3O3SSi/c1-28(2,3)36(4,5)33-15-12-20-6-11-24-23(18-20)25-26(29-19-30-27(25)35-24)34-22-9-7-21(8-10-22)31-13-16-32-17-14-31/h19-22H,6-18H2,1-5H3/t20-,21?,22?/m0/s1. The molecule has 3 heterocycles. The van der Waals surface area contributed by atoms with Crippen molar-refractivity contribution in [3.05, 3.63) is 16.8 Å². The second-order valence-electron chi connectivity index (χ2n) is 12.6. The Morgan fingerprint density at radius 3 is 2.56 bits per heavy atom. The molecule has 36 heavy (non-hydrogen) atoms. The molecule has 2 aliphatic carbocycles. The number of hydrogen-bond acceptors (Lipinski definition) is 7. The van der Waals surface area contributed by atoms with E-state index in [0.29, 0.717) is 12.0 Å². The van der Waals surface area contributed by atoms with Crippen molar-refractivity contribution in [2.24, 2.45) is 5.92 Å². The number of nitrogens with zero attached hydrogens (tertiary/aromatic N) is 3. The molecule has 0 unspecified atom stereocenters. The first-order valence-corrected chi connectivity index (χ1v) is 17.8. The second-order valence-corrected chi connectivity index (χ2v) is 18.5. The molecule has 1 atom stereocenters. The number of aryl methyl sites for hydroxylation is 1. The summed E-state index contributed by atoms with van der Waals surface area (Å²) in [6.07, 6.45) is 11.2. The fourth-order valence-corrected chi connectivity index (χ4v) is 8.05. The fourth-order valence-electron chi connectivity index (χ4n) is 5.81. The number of morpholine rings is 1. The molecular weight excluding hydrogens is 486 g/mol. The van der Waals surface area contributed by atoms with E-state index in [1.165, 1.54) is 35.1 Å². The van der Waals surface area contributed by atoms with Crippen molar-refractivity contribution in [3.8, 4) is 5.88 Å². The van der Waals surface area contributed by atoms with Crippen molar-refractivity contribution in [3.63, 3.8) is 0 Å². The SMILES string of the molecule is CC(C)(C)[Si](C)(C)OCC[C@@H]1CCc2sc3ncnc(OC4CCC(N5CCOCC5)CC4)c3c2C1. The lowest BCUT2D eigenvalue weighted by Gasteiger charge is -2.38. The van der Waals surface area contributed by atoms with Gasteiger partial charge in [0.05, 0.1) is 18.6 Å². The van der Waals surface area contributed by atoms with Crippen molar-refractivity contribution in [1.82, 2.24) is 14.9 Å². The van der Waals surface area contributed by atoms with E-state index in [1.54, 1.807) is 6.33 Å². The van der Waals surface area contributed by atoms with Gasteiger partial charge in [-0.3, -0.25) is 4.90 Å². The number of rotatable bonds is 7. The first kappa shape index (κ1) is 26.5. The highest BCUT2D eigenvalue weighted by molar-refractivity contribution is 7.18. The average Bonchev–Trinajstić information content (AvgIpc) is 3.23. The molecule has 3 aliphatic rings. The van der Waals surface area contributed by atoms with E-state index in [9.17, 15) is 0 Å². The lowest BCUT2D eigenvalue weighted by Crippen LogP contribution is -2.46. The van der Waals surface area contributed by atoms with Crippen LogP contribution in [0.1, 0.15) is 69.7 Å². The second kappa shape index (κ2) is 11.0. The number of ether oxygens (including phenoxy) is 2. The summed E-state index contributed by atoms with van der Waals surface area (Å²) in [5, 5.41) is 1.46. The smallest absolute Gasteiger partial charge is 0.225 e. The van der Waals surface area contributed by atoms with Gasteiger partial charge in [-0.1, -0.05) is 20.8 Å². The third-order valence-electron chi connectivity index (χ3n) is 9.19. The van der Waals surface area contributed by atoms with Gasteiger partial charge in [0.15, 0.2) is 8.32 Å². The molecule has 1 saturated carbocycles. The predicted octanol–water partition coefficient (Wildman–Crippen LogP) is 6.23. The molecule has 0 spiro atoms. The van der Waals surface area contributed by atoms with E-state index in [0.717, 1.165) is 75.7 Å². The number of aromatic nitrogens is 2. The minimum Gasteiger partial charge on any atom is -0.474 e. The van der Waals surface area contributed by atoms with E-state index < -0.39 is 8.32 Å². The van der Waals surface area contributed by atoms with Crippen LogP contribution >= 0.6 is 11.3 Å². The predicted molar refractivity (Wildman–Crippen MR) is 150 cm³/mol. The van der Waals surface area contributed by atoms with Crippen LogP contribution in [0.2, 0.25) is 18.1 Å². The van der Waals surface area contributed by atoms with Crippen LogP contribution in [0.4, 0.5) is 0 Å². The quantitative estimate of drug-likeness (QED) is 0.395. The van der Waals surface area contributed by atoms with Crippen LogP contribution in [-0.2, 0) is 22.0 Å². The molecule has 1 saturated heterocycles. The summed E-state index contributed by atoms with van der Waals surface area (Å²) in [5.41, 5.74) is 1.45. The Morgan fingerprint density at radius 2 is 1.83 bits per heavy atom. The molecule has 0 N–H and O–H groups in total. The Kier molecular flexibility index (Phi) is 8.09. The Balaban J connectivity index is 1.22. The van der Waals surface area contributed by atoms with Gasteiger partial charge in [-0.2, -0.15) is 0 Å². The van der Waals surface area contributed by atoms with Crippen LogP contribution in [0, 0.1) is 5.92 Å². The first-order chi connectivity index (χ1) is 17.2. The molecule has 1 aliphatic heterocycles. The lowest BCUT2D eigenvalue weighted by molar-refractivity contribution is -0.00126. The maximum Gasteiger partial charge on any atom is 0.225 e. The third kappa shape index (κ3) is 5.83. The molecule has 0 bridgehead atoms. The Morgan fingerprint density at radius 1 is 1.08 bits per heavy atom. The van der Waals surface area contributed by atoms with Gasteiger partial charge >= 0.3 is 0 Å². The van der Waals surface area contributed by atoms with E-state index in [-0.39, 0.29) is 11.1 Å². The van der Waals surface area contributed by atoms with Crippen molar-refractivity contribution in [2.45, 2.75) is 102 Å². The Hall–Kier alpha value is -1.06. The van der Waals surface area contributed by atoms with E-state index in [4.69, 9.17) is 13.9 Å². The summed E-state index contributed by atoms with van der Waals surface area (Å²) in [4.78, 5) is 14.5. The molecule has 2 fully saturated rings. The lowest BCUT2D eigenvalue weighted by atomic mass is 9.85. The third-order valence-corrected chi connectivity index (χ3v) is 14.9. The minimum absolute atomic E-state index is 0.258. The molecule has 0 aromatic carbocycles. The van der Waals surface area contributed by atoms with Gasteiger partial charge in [0.2, 0.25) is 5.88 Å².